The molecule has 0 aliphatic heterocycles. The molecule has 106 valence electrons. The summed E-state index contributed by atoms with van der Waals surface area (Å²) in [6.45, 7) is 6.63. The van der Waals surface area contributed by atoms with E-state index in [2.05, 4.69) is 10.5 Å². The first-order valence-corrected chi connectivity index (χ1v) is 6.36. The van der Waals surface area contributed by atoms with Gasteiger partial charge in [0.1, 0.15) is 5.82 Å². The molecule has 0 atom stereocenters. The van der Waals surface area contributed by atoms with Gasteiger partial charge in [0.15, 0.2) is 11.5 Å². The summed E-state index contributed by atoms with van der Waals surface area (Å²) in [4.78, 5) is 11.9. The Hall–Kier alpha value is -2.17. The van der Waals surface area contributed by atoms with Gasteiger partial charge >= 0.3 is 0 Å². The van der Waals surface area contributed by atoms with Gasteiger partial charge in [-0.2, -0.15) is 0 Å². The van der Waals surface area contributed by atoms with Crippen molar-refractivity contribution in [1.29, 1.82) is 0 Å². The molecule has 0 unspecified atom stereocenters. The second-order valence-electron chi connectivity index (χ2n) is 5.83. The number of nitrogens with one attached hydrogen (secondary N) is 1. The number of rotatable bonds is 3. The molecule has 1 amide bonds. The van der Waals surface area contributed by atoms with Gasteiger partial charge < -0.3 is 9.84 Å². The topological polar surface area (TPSA) is 55.1 Å². The van der Waals surface area contributed by atoms with E-state index in [1.807, 2.05) is 20.8 Å². The summed E-state index contributed by atoms with van der Waals surface area (Å²) in [5.41, 5.74) is 0.890. The molecule has 1 aromatic heterocycles. The minimum atomic E-state index is -0.323. The fourth-order valence-corrected chi connectivity index (χ4v) is 1.57. The smallest absolute Gasteiger partial charge is 0.273 e. The molecule has 0 fully saturated rings. The number of hydrogen-bond donors (Lipinski definition) is 1. The molecule has 0 bridgehead atoms. The minimum absolute atomic E-state index is 0.000811. The van der Waals surface area contributed by atoms with Crippen molar-refractivity contribution < 1.29 is 13.7 Å². The van der Waals surface area contributed by atoms with Crippen molar-refractivity contribution in [2.24, 2.45) is 5.41 Å². The number of carbonyl (C=O) groups excluding carboxylic acids is 1. The van der Waals surface area contributed by atoms with Crippen LogP contribution in [0.15, 0.2) is 34.9 Å². The van der Waals surface area contributed by atoms with Crippen molar-refractivity contribution in [1.82, 2.24) is 10.5 Å². The van der Waals surface area contributed by atoms with Crippen molar-refractivity contribution in [2.75, 3.05) is 6.54 Å². The molecule has 0 saturated heterocycles. The molecule has 1 N–H and O–H groups in total. The number of aromatic nitrogens is 1. The Morgan fingerprint density at radius 1 is 1.30 bits per heavy atom. The number of benzene rings is 1. The molecular weight excluding hydrogens is 259 g/mol. The normalized spacial score (nSPS) is 11.4. The van der Waals surface area contributed by atoms with Crippen molar-refractivity contribution in [3.8, 4) is 11.3 Å². The van der Waals surface area contributed by atoms with E-state index in [1.165, 1.54) is 12.1 Å². The average molecular weight is 276 g/mol. The van der Waals surface area contributed by atoms with Crippen LogP contribution < -0.4 is 5.32 Å². The highest BCUT2D eigenvalue weighted by molar-refractivity contribution is 5.93. The van der Waals surface area contributed by atoms with Crippen LogP contribution in [-0.4, -0.2) is 17.6 Å². The second kappa shape index (κ2) is 5.45. The molecule has 0 spiro atoms. The van der Waals surface area contributed by atoms with Crippen LogP contribution in [-0.2, 0) is 0 Å². The van der Waals surface area contributed by atoms with Gasteiger partial charge in [0.2, 0.25) is 0 Å². The third kappa shape index (κ3) is 3.66. The molecule has 1 heterocycles. The van der Waals surface area contributed by atoms with Crippen LogP contribution in [0.5, 0.6) is 0 Å². The van der Waals surface area contributed by atoms with Gasteiger partial charge in [0.05, 0.1) is 0 Å². The average Bonchev–Trinajstić information content (AvgIpc) is 2.85. The molecule has 0 saturated carbocycles. The fraction of sp³-hybridized carbons (Fsp3) is 0.333. The van der Waals surface area contributed by atoms with Crippen molar-refractivity contribution in [3.05, 3.63) is 41.8 Å². The Balaban J connectivity index is 2.09. The van der Waals surface area contributed by atoms with Gasteiger partial charge in [0, 0.05) is 18.2 Å². The van der Waals surface area contributed by atoms with E-state index in [4.69, 9.17) is 4.52 Å². The first-order valence-electron chi connectivity index (χ1n) is 6.36. The van der Waals surface area contributed by atoms with Gasteiger partial charge in [-0.15, -0.1) is 0 Å². The Bertz CT molecular complexity index is 597. The van der Waals surface area contributed by atoms with Gasteiger partial charge in [-0.25, -0.2) is 4.39 Å². The van der Waals surface area contributed by atoms with Crippen LogP contribution in [0.3, 0.4) is 0 Å². The Kier molecular flexibility index (Phi) is 3.88. The largest absolute Gasteiger partial charge is 0.355 e. The highest BCUT2D eigenvalue weighted by Gasteiger charge is 2.16. The summed E-state index contributed by atoms with van der Waals surface area (Å²) < 4.78 is 17.9. The zero-order valence-corrected chi connectivity index (χ0v) is 11.7. The SMILES string of the molecule is CC(C)(C)CNC(=O)c1cc(-c2ccc(F)cc2)on1. The zero-order chi connectivity index (χ0) is 14.8. The minimum Gasteiger partial charge on any atom is -0.355 e. The fourth-order valence-electron chi connectivity index (χ4n) is 1.57. The van der Waals surface area contributed by atoms with Gasteiger partial charge in [-0.1, -0.05) is 25.9 Å². The predicted molar refractivity (Wildman–Crippen MR) is 73.7 cm³/mol. The van der Waals surface area contributed by atoms with E-state index >= 15 is 0 Å². The van der Waals surface area contributed by atoms with E-state index in [9.17, 15) is 9.18 Å². The van der Waals surface area contributed by atoms with Crippen LogP contribution in [0.25, 0.3) is 11.3 Å². The van der Waals surface area contributed by atoms with E-state index < -0.39 is 0 Å². The molecule has 0 aliphatic rings. The summed E-state index contributed by atoms with van der Waals surface area (Å²) in [6.07, 6.45) is 0. The first-order chi connectivity index (χ1) is 9.35. The lowest BCUT2D eigenvalue weighted by molar-refractivity contribution is 0.0930. The number of carbonyl (C=O) groups is 1. The van der Waals surface area contributed by atoms with Crippen LogP contribution in [0, 0.1) is 11.2 Å². The van der Waals surface area contributed by atoms with Crippen LogP contribution >= 0.6 is 0 Å². The maximum atomic E-state index is 12.8. The van der Waals surface area contributed by atoms with Crippen molar-refractivity contribution >= 4 is 5.91 Å². The van der Waals surface area contributed by atoms with Crippen LogP contribution in [0.1, 0.15) is 31.3 Å². The maximum absolute atomic E-state index is 12.8. The van der Waals surface area contributed by atoms with Crippen LogP contribution in [0.2, 0.25) is 0 Å². The molecule has 4 nitrogen and oxygen atoms in total. The van der Waals surface area contributed by atoms with E-state index in [0.29, 0.717) is 17.9 Å². The molecule has 0 radical (unpaired) electrons. The number of nitrogens with zero attached hydrogens (tertiary/aromatic N) is 1. The summed E-state index contributed by atoms with van der Waals surface area (Å²) in [5, 5.41) is 6.53. The molecule has 5 heteroatoms. The monoisotopic (exact) mass is 276 g/mol. The summed E-state index contributed by atoms with van der Waals surface area (Å²) in [6, 6.07) is 7.36. The number of halogens is 1. The highest BCUT2D eigenvalue weighted by Crippen LogP contribution is 2.20. The highest BCUT2D eigenvalue weighted by atomic mass is 19.1. The lowest BCUT2D eigenvalue weighted by Gasteiger charge is -2.17. The Morgan fingerprint density at radius 2 is 1.95 bits per heavy atom. The maximum Gasteiger partial charge on any atom is 0.273 e. The van der Waals surface area contributed by atoms with E-state index in [0.717, 1.165) is 0 Å². The molecular formula is C15H17FN2O2. The van der Waals surface area contributed by atoms with Crippen LogP contribution in [0.4, 0.5) is 4.39 Å². The molecule has 2 rings (SSSR count). The second-order valence-corrected chi connectivity index (χ2v) is 5.83. The van der Waals surface area contributed by atoms with Crippen molar-refractivity contribution in [2.45, 2.75) is 20.8 Å². The first kappa shape index (κ1) is 14.2. The summed E-state index contributed by atoms with van der Waals surface area (Å²) in [7, 11) is 0. The Labute approximate surface area is 117 Å². The molecule has 0 aliphatic carbocycles. The zero-order valence-electron chi connectivity index (χ0n) is 11.7. The van der Waals surface area contributed by atoms with E-state index in [1.54, 1.807) is 18.2 Å². The predicted octanol–water partition coefficient (Wildman–Crippen LogP) is 3.26. The number of hydrogen-bond acceptors (Lipinski definition) is 3. The van der Waals surface area contributed by atoms with Crippen molar-refractivity contribution in [3.63, 3.8) is 0 Å². The quantitative estimate of drug-likeness (QED) is 0.936. The van der Waals surface area contributed by atoms with E-state index in [-0.39, 0.29) is 22.8 Å². The Morgan fingerprint density at radius 3 is 2.55 bits per heavy atom. The summed E-state index contributed by atoms with van der Waals surface area (Å²) in [5.74, 6) is -0.167. The third-order valence-electron chi connectivity index (χ3n) is 2.65. The van der Waals surface area contributed by atoms with Gasteiger partial charge in [-0.3, -0.25) is 4.79 Å². The lowest BCUT2D eigenvalue weighted by Crippen LogP contribution is -2.32. The number of amides is 1. The standard InChI is InChI=1S/C15H17FN2O2/c1-15(2,3)9-17-14(19)12-8-13(20-18-12)10-4-6-11(16)7-5-10/h4-8H,9H2,1-3H3,(H,17,19). The molecule has 2 aromatic rings. The third-order valence-corrected chi connectivity index (χ3v) is 2.65. The molecule has 1 aromatic carbocycles. The van der Waals surface area contributed by atoms with Gasteiger partial charge in [-0.05, 0) is 29.7 Å². The summed E-state index contributed by atoms with van der Waals surface area (Å²) >= 11 is 0. The van der Waals surface area contributed by atoms with Gasteiger partial charge in [0.25, 0.3) is 5.91 Å². The lowest BCUT2D eigenvalue weighted by atomic mass is 9.97. The molecule has 20 heavy (non-hydrogen) atoms.